The van der Waals surface area contributed by atoms with Crippen LogP contribution in [0.25, 0.3) is 22.3 Å². The molecule has 0 unspecified atom stereocenters. The summed E-state index contributed by atoms with van der Waals surface area (Å²) in [6.07, 6.45) is 0.998. The van der Waals surface area contributed by atoms with Crippen molar-refractivity contribution in [1.29, 1.82) is 0 Å². The zero-order valence-electron chi connectivity index (χ0n) is 14.0. The molecule has 4 N–H and O–H groups in total. The van der Waals surface area contributed by atoms with Crippen LogP contribution in [0.5, 0.6) is 0 Å². The van der Waals surface area contributed by atoms with Gasteiger partial charge in [0, 0.05) is 23.5 Å². The summed E-state index contributed by atoms with van der Waals surface area (Å²) in [6, 6.07) is 19.4. The van der Waals surface area contributed by atoms with Crippen molar-refractivity contribution in [1.82, 2.24) is 15.0 Å². The van der Waals surface area contributed by atoms with E-state index in [2.05, 4.69) is 20.3 Å². The largest absolute Gasteiger partial charge is 0.358 e. The van der Waals surface area contributed by atoms with Crippen molar-refractivity contribution >= 4 is 22.6 Å². The number of aromatic nitrogens is 3. The Hall–Kier alpha value is -3.54. The molecular formula is C20H18N4O2. The summed E-state index contributed by atoms with van der Waals surface area (Å²) >= 11 is 0. The van der Waals surface area contributed by atoms with Gasteiger partial charge in [0.25, 0.3) is 0 Å². The lowest BCUT2D eigenvalue weighted by Crippen LogP contribution is -2.12. The first kappa shape index (κ1) is 16.0. The van der Waals surface area contributed by atoms with Gasteiger partial charge in [-0.1, -0.05) is 30.3 Å². The highest BCUT2D eigenvalue weighted by Gasteiger charge is 2.07. The number of carbonyl (C=O) groups is 1. The second-order valence-electron chi connectivity index (χ2n) is 6.15. The van der Waals surface area contributed by atoms with Crippen molar-refractivity contribution in [2.45, 2.75) is 12.8 Å². The molecule has 0 radical (unpaired) electrons. The highest BCUT2D eigenvalue weighted by Crippen LogP contribution is 2.19. The van der Waals surface area contributed by atoms with Crippen LogP contribution in [-0.2, 0) is 11.2 Å². The lowest BCUT2D eigenvalue weighted by atomic mass is 10.2. The van der Waals surface area contributed by atoms with Crippen LogP contribution >= 0.6 is 0 Å². The first-order valence-corrected chi connectivity index (χ1v) is 8.42. The number of hydrogen-bond donors (Lipinski definition) is 4. The number of aromatic amines is 3. The summed E-state index contributed by atoms with van der Waals surface area (Å²) in [6.45, 7) is 0. The summed E-state index contributed by atoms with van der Waals surface area (Å²) in [7, 11) is 0. The lowest BCUT2D eigenvalue weighted by Gasteiger charge is -2.05. The SMILES string of the molecule is O=C(CCc1ccc(-c2ccccc2)[nH]1)Nc1ccc2[nH]c(=O)[nH]c2c1. The lowest BCUT2D eigenvalue weighted by molar-refractivity contribution is -0.116. The highest BCUT2D eigenvalue weighted by molar-refractivity contribution is 5.93. The summed E-state index contributed by atoms with van der Waals surface area (Å²) in [5.74, 6) is -0.0712. The normalized spacial score (nSPS) is 10.9. The van der Waals surface area contributed by atoms with E-state index in [0.29, 0.717) is 29.6 Å². The predicted octanol–water partition coefficient (Wildman–Crippen LogP) is 3.42. The minimum absolute atomic E-state index is 0.0712. The molecule has 4 rings (SSSR count). The fourth-order valence-corrected chi connectivity index (χ4v) is 2.95. The van der Waals surface area contributed by atoms with E-state index in [1.54, 1.807) is 18.2 Å². The van der Waals surface area contributed by atoms with E-state index in [9.17, 15) is 9.59 Å². The number of aryl methyl sites for hydroxylation is 1. The summed E-state index contributed by atoms with van der Waals surface area (Å²) in [5.41, 5.74) is 4.97. The Morgan fingerprint density at radius 3 is 2.54 bits per heavy atom. The van der Waals surface area contributed by atoms with E-state index in [1.807, 2.05) is 42.5 Å². The van der Waals surface area contributed by atoms with Gasteiger partial charge >= 0.3 is 5.69 Å². The average molecular weight is 346 g/mol. The summed E-state index contributed by atoms with van der Waals surface area (Å²) in [4.78, 5) is 32.2. The molecule has 2 aromatic carbocycles. The maximum absolute atomic E-state index is 12.2. The maximum atomic E-state index is 12.2. The van der Waals surface area contributed by atoms with Crippen LogP contribution in [0.2, 0.25) is 0 Å². The number of carbonyl (C=O) groups excluding carboxylic acids is 1. The van der Waals surface area contributed by atoms with E-state index in [0.717, 1.165) is 17.0 Å². The third-order valence-corrected chi connectivity index (χ3v) is 4.25. The van der Waals surface area contributed by atoms with Crippen LogP contribution in [0.1, 0.15) is 12.1 Å². The molecule has 2 heterocycles. The first-order valence-electron chi connectivity index (χ1n) is 8.42. The summed E-state index contributed by atoms with van der Waals surface area (Å²) < 4.78 is 0. The molecule has 0 fully saturated rings. The molecule has 4 aromatic rings. The molecule has 0 aliphatic carbocycles. The number of amides is 1. The Bertz CT molecular complexity index is 1110. The molecule has 0 bridgehead atoms. The van der Waals surface area contributed by atoms with Crippen LogP contribution < -0.4 is 11.0 Å². The number of benzene rings is 2. The fourth-order valence-electron chi connectivity index (χ4n) is 2.95. The zero-order valence-corrected chi connectivity index (χ0v) is 14.0. The van der Waals surface area contributed by atoms with Crippen LogP contribution in [0.15, 0.2) is 65.5 Å². The standard InChI is InChI=1S/C20H18N4O2/c25-19(22-15-7-10-17-18(12-15)24-20(26)23-17)11-8-14-6-9-16(21-14)13-4-2-1-3-5-13/h1-7,9-10,12,21H,8,11H2,(H,22,25)(H2,23,24,26). The monoisotopic (exact) mass is 346 g/mol. The molecule has 1 amide bonds. The van der Waals surface area contributed by atoms with Crippen molar-refractivity contribution in [2.24, 2.45) is 0 Å². The molecule has 0 saturated carbocycles. The first-order chi connectivity index (χ1) is 12.7. The predicted molar refractivity (Wildman–Crippen MR) is 102 cm³/mol. The molecule has 0 spiro atoms. The number of imidazole rings is 1. The van der Waals surface area contributed by atoms with Gasteiger partial charge in [-0.15, -0.1) is 0 Å². The molecule has 26 heavy (non-hydrogen) atoms. The highest BCUT2D eigenvalue weighted by atomic mass is 16.1. The third kappa shape index (κ3) is 3.44. The molecule has 6 nitrogen and oxygen atoms in total. The van der Waals surface area contributed by atoms with Crippen LogP contribution in [0.3, 0.4) is 0 Å². The minimum atomic E-state index is -0.260. The Balaban J connectivity index is 1.37. The van der Waals surface area contributed by atoms with E-state index in [-0.39, 0.29) is 11.6 Å². The van der Waals surface area contributed by atoms with Gasteiger partial charge in [-0.05, 0) is 42.3 Å². The molecular weight excluding hydrogens is 328 g/mol. The molecule has 0 atom stereocenters. The Morgan fingerprint density at radius 2 is 1.69 bits per heavy atom. The number of fused-ring (bicyclic) bond motifs is 1. The maximum Gasteiger partial charge on any atom is 0.323 e. The van der Waals surface area contributed by atoms with E-state index < -0.39 is 0 Å². The fraction of sp³-hybridized carbons (Fsp3) is 0.100. The van der Waals surface area contributed by atoms with Crippen molar-refractivity contribution in [3.63, 3.8) is 0 Å². The second kappa shape index (κ2) is 6.76. The number of rotatable bonds is 5. The number of anilines is 1. The molecule has 130 valence electrons. The third-order valence-electron chi connectivity index (χ3n) is 4.25. The Morgan fingerprint density at radius 1 is 0.885 bits per heavy atom. The van der Waals surface area contributed by atoms with Crippen LogP contribution in [0.4, 0.5) is 5.69 Å². The van der Waals surface area contributed by atoms with E-state index >= 15 is 0 Å². The average Bonchev–Trinajstić information content (AvgIpc) is 3.26. The van der Waals surface area contributed by atoms with Gasteiger partial charge in [0.15, 0.2) is 0 Å². The molecule has 2 aromatic heterocycles. The van der Waals surface area contributed by atoms with Gasteiger partial charge < -0.3 is 20.3 Å². The molecule has 6 heteroatoms. The molecule has 0 aliphatic rings. The molecule has 0 saturated heterocycles. The van der Waals surface area contributed by atoms with E-state index in [1.165, 1.54) is 0 Å². The second-order valence-corrected chi connectivity index (χ2v) is 6.15. The van der Waals surface area contributed by atoms with Gasteiger partial charge in [0.1, 0.15) is 0 Å². The number of hydrogen-bond acceptors (Lipinski definition) is 2. The van der Waals surface area contributed by atoms with Crippen molar-refractivity contribution in [2.75, 3.05) is 5.32 Å². The quantitative estimate of drug-likeness (QED) is 0.446. The van der Waals surface area contributed by atoms with Gasteiger partial charge in [-0.25, -0.2) is 4.79 Å². The van der Waals surface area contributed by atoms with Crippen molar-refractivity contribution in [3.8, 4) is 11.3 Å². The van der Waals surface area contributed by atoms with Gasteiger partial charge in [0.05, 0.1) is 11.0 Å². The Kier molecular flexibility index (Phi) is 4.15. The minimum Gasteiger partial charge on any atom is -0.358 e. The number of nitrogens with one attached hydrogen (secondary N) is 4. The van der Waals surface area contributed by atoms with Crippen LogP contribution in [0, 0.1) is 0 Å². The van der Waals surface area contributed by atoms with Crippen LogP contribution in [-0.4, -0.2) is 20.9 Å². The van der Waals surface area contributed by atoms with Gasteiger partial charge in [0.2, 0.25) is 5.91 Å². The zero-order chi connectivity index (χ0) is 17.9. The summed E-state index contributed by atoms with van der Waals surface area (Å²) in [5, 5.41) is 2.86. The molecule has 0 aliphatic heterocycles. The smallest absolute Gasteiger partial charge is 0.323 e. The van der Waals surface area contributed by atoms with Crippen molar-refractivity contribution < 1.29 is 4.79 Å². The topological polar surface area (TPSA) is 93.5 Å². The van der Waals surface area contributed by atoms with Gasteiger partial charge in [-0.2, -0.15) is 0 Å². The van der Waals surface area contributed by atoms with E-state index in [4.69, 9.17) is 0 Å². The number of H-pyrrole nitrogens is 3. The van der Waals surface area contributed by atoms with Crippen molar-refractivity contribution in [3.05, 3.63) is 76.8 Å². The Labute approximate surface area is 149 Å². The van der Waals surface area contributed by atoms with Gasteiger partial charge in [-0.3, -0.25) is 4.79 Å².